The summed E-state index contributed by atoms with van der Waals surface area (Å²) >= 11 is 0. The van der Waals surface area contributed by atoms with Crippen molar-refractivity contribution in [2.75, 3.05) is 4.90 Å². The summed E-state index contributed by atoms with van der Waals surface area (Å²) in [4.78, 5) is 2.49. The number of anilines is 3. The zero-order valence-electron chi connectivity index (χ0n) is 32.4. The monoisotopic (exact) mass is 741 g/mol. The Morgan fingerprint density at radius 3 is 1.78 bits per heavy atom. The van der Waals surface area contributed by atoms with Gasteiger partial charge in [0.25, 0.3) is 0 Å². The van der Waals surface area contributed by atoms with E-state index in [0.29, 0.717) is 0 Å². The molecule has 9 aromatic carbocycles. The fourth-order valence-corrected chi connectivity index (χ4v) is 10.6. The van der Waals surface area contributed by atoms with E-state index < -0.39 is 5.41 Å². The Bertz CT molecular complexity index is 3090. The van der Waals surface area contributed by atoms with E-state index in [0.717, 1.165) is 28.6 Å². The normalized spacial score (nSPS) is 14.4. The van der Waals surface area contributed by atoms with E-state index in [9.17, 15) is 0 Å². The summed E-state index contributed by atoms with van der Waals surface area (Å²) in [6.07, 6.45) is 0. The highest BCUT2D eigenvalue weighted by atomic mass is 16.5. The largest absolute Gasteiger partial charge is 0.457 e. The molecule has 1 aliphatic heterocycles. The average molecular weight is 742 g/mol. The molecule has 0 atom stereocenters. The number of nitrogens with zero attached hydrogens (tertiary/aromatic N) is 1. The van der Waals surface area contributed by atoms with Crippen molar-refractivity contribution in [3.05, 3.63) is 234 Å². The van der Waals surface area contributed by atoms with Gasteiger partial charge in [0.1, 0.15) is 11.5 Å². The van der Waals surface area contributed by atoms with Crippen molar-refractivity contribution in [2.45, 2.75) is 24.7 Å². The Morgan fingerprint density at radius 2 is 0.983 bits per heavy atom. The summed E-state index contributed by atoms with van der Waals surface area (Å²) in [6.45, 7) is 4.73. The van der Waals surface area contributed by atoms with Crippen LogP contribution in [0.1, 0.15) is 47.2 Å². The van der Waals surface area contributed by atoms with Crippen molar-refractivity contribution in [3.8, 4) is 44.9 Å². The molecule has 2 aliphatic carbocycles. The van der Waals surface area contributed by atoms with Gasteiger partial charge in [-0.15, -0.1) is 0 Å². The minimum absolute atomic E-state index is 0.140. The second-order valence-corrected chi connectivity index (χ2v) is 16.4. The van der Waals surface area contributed by atoms with Gasteiger partial charge >= 0.3 is 0 Å². The smallest absolute Gasteiger partial charge is 0.132 e. The number of benzene rings is 9. The van der Waals surface area contributed by atoms with E-state index in [4.69, 9.17) is 4.74 Å². The standard InChI is InChI=1S/C56H39NO/c1-55(2)45-22-10-8-21-42(45)43-31-29-39(35-50(43)55)57(51-25-13-9-19-40(51)36-16-4-3-5-17-36)38-30-33-46-44(34-38)54-41-20-7-6-18-37(41)28-32-49(54)56(46)47-23-11-14-26-52(47)58-53-27-15-12-24-48(53)56/h3-35H,1-2H3. The summed E-state index contributed by atoms with van der Waals surface area (Å²) < 4.78 is 6.68. The lowest BCUT2D eigenvalue weighted by Gasteiger charge is -2.39. The fraction of sp³-hybridized carbons (Fsp3) is 0.0714. The number of ether oxygens (including phenoxy) is 1. The molecule has 1 spiro atoms. The van der Waals surface area contributed by atoms with E-state index in [1.165, 1.54) is 77.5 Å². The van der Waals surface area contributed by atoms with Gasteiger partial charge in [0.2, 0.25) is 0 Å². The molecule has 3 aliphatic rings. The van der Waals surface area contributed by atoms with Gasteiger partial charge < -0.3 is 9.64 Å². The van der Waals surface area contributed by atoms with E-state index in [2.05, 4.69) is 219 Å². The van der Waals surface area contributed by atoms with Crippen LogP contribution in [-0.2, 0) is 10.8 Å². The Morgan fingerprint density at radius 1 is 0.397 bits per heavy atom. The first kappa shape index (κ1) is 33.0. The maximum atomic E-state index is 6.68. The first-order valence-corrected chi connectivity index (χ1v) is 20.3. The van der Waals surface area contributed by atoms with Gasteiger partial charge in [-0.2, -0.15) is 0 Å². The second-order valence-electron chi connectivity index (χ2n) is 16.4. The first-order chi connectivity index (χ1) is 28.5. The Balaban J connectivity index is 1.16. The molecule has 274 valence electrons. The first-order valence-electron chi connectivity index (χ1n) is 20.3. The van der Waals surface area contributed by atoms with Crippen LogP contribution in [0.25, 0.3) is 44.2 Å². The third-order valence-electron chi connectivity index (χ3n) is 13.1. The molecule has 0 bridgehead atoms. The minimum atomic E-state index is -0.561. The molecular weight excluding hydrogens is 703 g/mol. The number of hydrogen-bond acceptors (Lipinski definition) is 2. The summed E-state index contributed by atoms with van der Waals surface area (Å²) in [5.41, 5.74) is 17.8. The Hall–Kier alpha value is -7.16. The molecule has 1 heterocycles. The van der Waals surface area contributed by atoms with Crippen LogP contribution in [0.15, 0.2) is 200 Å². The average Bonchev–Trinajstić information content (AvgIpc) is 3.69. The lowest BCUT2D eigenvalue weighted by molar-refractivity contribution is 0.436. The van der Waals surface area contributed by atoms with Crippen LogP contribution < -0.4 is 9.64 Å². The van der Waals surface area contributed by atoms with Crippen LogP contribution >= 0.6 is 0 Å². The van der Waals surface area contributed by atoms with Crippen LogP contribution in [0, 0.1) is 0 Å². The zero-order chi connectivity index (χ0) is 38.6. The molecule has 2 heteroatoms. The van der Waals surface area contributed by atoms with Gasteiger partial charge in [0.15, 0.2) is 0 Å². The molecule has 0 amide bonds. The molecule has 0 radical (unpaired) electrons. The van der Waals surface area contributed by atoms with Crippen LogP contribution in [-0.4, -0.2) is 0 Å². The molecule has 0 aromatic heterocycles. The molecule has 0 N–H and O–H groups in total. The van der Waals surface area contributed by atoms with Crippen molar-refractivity contribution in [1.29, 1.82) is 0 Å². The molecule has 0 saturated carbocycles. The van der Waals surface area contributed by atoms with E-state index >= 15 is 0 Å². The van der Waals surface area contributed by atoms with Gasteiger partial charge in [-0.3, -0.25) is 0 Å². The number of para-hydroxylation sites is 3. The van der Waals surface area contributed by atoms with Crippen molar-refractivity contribution in [3.63, 3.8) is 0 Å². The maximum Gasteiger partial charge on any atom is 0.132 e. The Kier molecular flexibility index (Phi) is 6.93. The molecule has 58 heavy (non-hydrogen) atoms. The molecular formula is C56H39NO. The van der Waals surface area contributed by atoms with E-state index in [1.807, 2.05) is 0 Å². The lowest BCUT2D eigenvalue weighted by atomic mass is 9.66. The maximum absolute atomic E-state index is 6.68. The van der Waals surface area contributed by atoms with Crippen molar-refractivity contribution in [1.82, 2.24) is 0 Å². The molecule has 0 fully saturated rings. The highest BCUT2D eigenvalue weighted by Crippen LogP contribution is 2.64. The minimum Gasteiger partial charge on any atom is -0.457 e. The highest BCUT2D eigenvalue weighted by molar-refractivity contribution is 6.05. The number of fused-ring (bicyclic) bond motifs is 14. The summed E-state index contributed by atoms with van der Waals surface area (Å²) in [5, 5.41) is 2.49. The SMILES string of the molecule is CC1(C)c2ccccc2-c2ccc(N(c3ccc4c(c3)-c3c(ccc5ccccc35)C43c4ccccc4Oc4ccccc43)c3ccccc3-c3ccccc3)cc21. The third-order valence-corrected chi connectivity index (χ3v) is 13.1. The van der Waals surface area contributed by atoms with Crippen molar-refractivity contribution >= 4 is 27.8 Å². The molecule has 9 aromatic rings. The lowest BCUT2D eigenvalue weighted by Crippen LogP contribution is -2.32. The van der Waals surface area contributed by atoms with Gasteiger partial charge in [-0.1, -0.05) is 172 Å². The summed E-state index contributed by atoms with van der Waals surface area (Å²) in [7, 11) is 0. The van der Waals surface area contributed by atoms with Crippen LogP contribution in [0.5, 0.6) is 11.5 Å². The quantitative estimate of drug-likeness (QED) is 0.178. The topological polar surface area (TPSA) is 12.5 Å². The van der Waals surface area contributed by atoms with Gasteiger partial charge in [-0.25, -0.2) is 0 Å². The molecule has 0 saturated heterocycles. The molecule has 2 nitrogen and oxygen atoms in total. The van der Waals surface area contributed by atoms with Gasteiger partial charge in [-0.05, 0) is 103 Å². The van der Waals surface area contributed by atoms with Gasteiger partial charge in [0, 0.05) is 33.5 Å². The summed E-state index contributed by atoms with van der Waals surface area (Å²) in [5.74, 6) is 1.80. The predicted octanol–water partition coefficient (Wildman–Crippen LogP) is 14.8. The number of rotatable bonds is 4. The Labute approximate surface area is 339 Å². The van der Waals surface area contributed by atoms with E-state index in [1.54, 1.807) is 0 Å². The number of hydrogen-bond donors (Lipinski definition) is 0. The summed E-state index contributed by atoms with van der Waals surface area (Å²) in [6, 6.07) is 73.6. The zero-order valence-corrected chi connectivity index (χ0v) is 32.4. The van der Waals surface area contributed by atoms with Gasteiger partial charge in [0.05, 0.1) is 11.1 Å². The highest BCUT2D eigenvalue weighted by Gasteiger charge is 2.51. The van der Waals surface area contributed by atoms with Crippen molar-refractivity contribution in [2.24, 2.45) is 0 Å². The van der Waals surface area contributed by atoms with Crippen molar-refractivity contribution < 1.29 is 4.74 Å². The third kappa shape index (κ3) is 4.43. The molecule has 12 rings (SSSR count). The second kappa shape index (κ2) is 12.2. The predicted molar refractivity (Wildman–Crippen MR) is 239 cm³/mol. The molecule has 0 unspecified atom stereocenters. The van der Waals surface area contributed by atoms with Crippen LogP contribution in [0.2, 0.25) is 0 Å². The van der Waals surface area contributed by atoms with E-state index in [-0.39, 0.29) is 5.41 Å². The van der Waals surface area contributed by atoms with Crippen LogP contribution in [0.4, 0.5) is 17.1 Å². The fourth-order valence-electron chi connectivity index (χ4n) is 10.6. The van der Waals surface area contributed by atoms with Crippen LogP contribution in [0.3, 0.4) is 0 Å².